The summed E-state index contributed by atoms with van der Waals surface area (Å²) >= 11 is 2.20. The molecular formula is C13H11F3N2OS2. The van der Waals surface area contributed by atoms with Crippen molar-refractivity contribution in [1.82, 2.24) is 4.57 Å². The number of halogens is 3. The van der Waals surface area contributed by atoms with Crippen LogP contribution in [0.3, 0.4) is 0 Å². The zero-order valence-electron chi connectivity index (χ0n) is 11.1. The van der Waals surface area contributed by atoms with Crippen LogP contribution in [-0.2, 0) is 6.18 Å². The molecule has 0 unspecified atom stereocenters. The molecule has 112 valence electrons. The van der Waals surface area contributed by atoms with Crippen molar-refractivity contribution in [2.24, 2.45) is 4.99 Å². The normalized spacial score (nSPS) is 12.7. The molecule has 3 nitrogen and oxygen atoms in total. The Bertz CT molecular complexity index is 732. The Hall–Kier alpha value is -1.54. The van der Waals surface area contributed by atoms with Crippen molar-refractivity contribution in [2.45, 2.75) is 13.1 Å². The number of rotatable bonds is 1. The first-order chi connectivity index (χ1) is 9.81. The van der Waals surface area contributed by atoms with Crippen molar-refractivity contribution in [2.75, 3.05) is 6.26 Å². The van der Waals surface area contributed by atoms with Gasteiger partial charge in [-0.2, -0.15) is 18.2 Å². The number of aromatic nitrogens is 1. The first kappa shape index (κ1) is 15.8. The van der Waals surface area contributed by atoms with Gasteiger partial charge in [0.05, 0.1) is 5.56 Å². The summed E-state index contributed by atoms with van der Waals surface area (Å²) in [6, 6.07) is 4.92. The van der Waals surface area contributed by atoms with Crippen molar-refractivity contribution in [1.29, 1.82) is 0 Å². The Morgan fingerprint density at radius 2 is 2.10 bits per heavy atom. The van der Waals surface area contributed by atoms with Crippen molar-refractivity contribution in [3.05, 3.63) is 45.7 Å². The van der Waals surface area contributed by atoms with Crippen molar-refractivity contribution in [3.63, 3.8) is 0 Å². The topological polar surface area (TPSA) is 34.4 Å². The van der Waals surface area contributed by atoms with Crippen LogP contribution in [0.2, 0.25) is 0 Å². The van der Waals surface area contributed by atoms with Gasteiger partial charge >= 0.3 is 11.4 Å². The molecule has 0 fully saturated rings. The predicted octanol–water partition coefficient (Wildman–Crippen LogP) is 4.25. The largest absolute Gasteiger partial charge is 0.416 e. The highest BCUT2D eigenvalue weighted by molar-refractivity contribution is 8.13. The average molecular weight is 332 g/mol. The molecule has 0 bridgehead atoms. The van der Waals surface area contributed by atoms with Gasteiger partial charge in [-0.15, -0.1) is 11.3 Å². The van der Waals surface area contributed by atoms with Crippen LogP contribution in [0, 0.1) is 6.92 Å². The summed E-state index contributed by atoms with van der Waals surface area (Å²) in [7, 11) is 0. The van der Waals surface area contributed by atoms with E-state index in [4.69, 9.17) is 0 Å². The lowest BCUT2D eigenvalue weighted by molar-refractivity contribution is -0.137. The van der Waals surface area contributed by atoms with E-state index in [9.17, 15) is 18.0 Å². The van der Waals surface area contributed by atoms with Crippen LogP contribution in [0.15, 0.2) is 35.5 Å². The highest BCUT2D eigenvalue weighted by Crippen LogP contribution is 2.30. The maximum atomic E-state index is 12.8. The van der Waals surface area contributed by atoms with Crippen LogP contribution in [0.1, 0.15) is 10.4 Å². The second kappa shape index (κ2) is 6.07. The lowest BCUT2D eigenvalue weighted by Crippen LogP contribution is -2.14. The Morgan fingerprint density at radius 1 is 1.38 bits per heavy atom. The number of alkyl halides is 3. The second-order valence-electron chi connectivity index (χ2n) is 4.12. The zero-order chi connectivity index (χ0) is 15.6. The van der Waals surface area contributed by atoms with Crippen LogP contribution in [-0.4, -0.2) is 16.1 Å². The molecule has 0 radical (unpaired) electrons. The van der Waals surface area contributed by atoms with E-state index in [0.717, 1.165) is 28.8 Å². The van der Waals surface area contributed by atoms with Crippen molar-refractivity contribution < 1.29 is 18.0 Å². The summed E-state index contributed by atoms with van der Waals surface area (Å²) in [6.45, 7) is 1.80. The number of hydrogen-bond donors (Lipinski definition) is 0. The number of aryl methyl sites for hydroxylation is 1. The van der Waals surface area contributed by atoms with E-state index < -0.39 is 17.0 Å². The number of hydrogen-bond acceptors (Lipinski definition) is 3. The van der Waals surface area contributed by atoms with Gasteiger partial charge in [-0.25, -0.2) is 0 Å². The SMILES string of the molecule is CSC(=O)N=c1sc(C)cn1-c1cccc(C(F)(F)F)c1. The van der Waals surface area contributed by atoms with Crippen molar-refractivity contribution >= 4 is 28.3 Å². The lowest BCUT2D eigenvalue weighted by atomic mass is 10.2. The summed E-state index contributed by atoms with van der Waals surface area (Å²) in [5.74, 6) is 0. The Morgan fingerprint density at radius 3 is 2.71 bits per heavy atom. The van der Waals surface area contributed by atoms with Gasteiger partial charge in [0.1, 0.15) is 0 Å². The number of thioether (sulfide) groups is 1. The molecule has 0 atom stereocenters. The van der Waals surface area contributed by atoms with E-state index in [1.807, 2.05) is 0 Å². The molecule has 1 aromatic heterocycles. The molecule has 0 saturated heterocycles. The molecule has 2 rings (SSSR count). The van der Waals surface area contributed by atoms with Crippen molar-refractivity contribution in [3.8, 4) is 5.69 Å². The summed E-state index contributed by atoms with van der Waals surface area (Å²) in [4.78, 5) is 16.5. The maximum absolute atomic E-state index is 12.8. The molecule has 21 heavy (non-hydrogen) atoms. The van der Waals surface area contributed by atoms with Gasteiger partial charge in [0.15, 0.2) is 4.80 Å². The highest BCUT2D eigenvalue weighted by atomic mass is 32.2. The Balaban J connectivity index is 2.58. The maximum Gasteiger partial charge on any atom is 0.416 e. The van der Waals surface area contributed by atoms with Gasteiger partial charge in [-0.05, 0) is 31.4 Å². The smallest absolute Gasteiger partial charge is 0.292 e. The molecule has 8 heteroatoms. The first-order valence-corrected chi connectivity index (χ1v) is 7.85. The van der Waals surface area contributed by atoms with Crippen LogP contribution < -0.4 is 4.80 Å². The molecule has 1 amide bonds. The van der Waals surface area contributed by atoms with E-state index in [0.29, 0.717) is 10.5 Å². The third-order valence-corrected chi connectivity index (χ3v) is 3.92. The summed E-state index contributed by atoms with van der Waals surface area (Å²) in [5.41, 5.74) is -0.416. The van der Waals surface area contributed by atoms with Gasteiger partial charge in [-0.3, -0.25) is 9.36 Å². The predicted molar refractivity (Wildman–Crippen MR) is 77.9 cm³/mol. The first-order valence-electron chi connectivity index (χ1n) is 5.80. The number of carbonyl (C=O) groups excluding carboxylic acids is 1. The van der Waals surface area contributed by atoms with E-state index in [1.165, 1.54) is 22.0 Å². The Kier molecular flexibility index (Phi) is 4.58. The van der Waals surface area contributed by atoms with E-state index in [1.54, 1.807) is 25.4 Å². The van der Waals surface area contributed by atoms with Gasteiger partial charge in [0.25, 0.3) is 0 Å². The molecule has 2 aromatic rings. The zero-order valence-corrected chi connectivity index (χ0v) is 12.8. The number of benzene rings is 1. The van der Waals surface area contributed by atoms with E-state index in [2.05, 4.69) is 4.99 Å². The fraction of sp³-hybridized carbons (Fsp3) is 0.231. The molecule has 0 saturated carbocycles. The minimum Gasteiger partial charge on any atom is -0.292 e. The molecule has 0 spiro atoms. The third-order valence-electron chi connectivity index (χ3n) is 2.58. The molecule has 1 heterocycles. The summed E-state index contributed by atoms with van der Waals surface area (Å²) in [6.07, 6.45) is -1.15. The Labute approximate surface area is 127 Å². The standard InChI is InChI=1S/C13H11F3N2OS2/c1-8-7-18(11(21-8)17-12(19)20-2)10-5-3-4-9(6-10)13(14,15)16/h3-7H,1-2H3. The lowest BCUT2D eigenvalue weighted by Gasteiger charge is -2.09. The van der Waals surface area contributed by atoms with Gasteiger partial charge in [-0.1, -0.05) is 17.8 Å². The van der Waals surface area contributed by atoms with Gasteiger partial charge in [0.2, 0.25) is 0 Å². The average Bonchev–Trinajstić information content (AvgIpc) is 2.78. The number of amides is 1. The van der Waals surface area contributed by atoms with Crippen LogP contribution in [0.4, 0.5) is 18.0 Å². The molecule has 1 aromatic carbocycles. The van der Waals surface area contributed by atoms with E-state index >= 15 is 0 Å². The summed E-state index contributed by atoms with van der Waals surface area (Å²) < 4.78 is 39.8. The third kappa shape index (κ3) is 3.76. The van der Waals surface area contributed by atoms with Gasteiger partial charge < -0.3 is 0 Å². The highest BCUT2D eigenvalue weighted by Gasteiger charge is 2.30. The molecule has 0 aliphatic heterocycles. The summed E-state index contributed by atoms with van der Waals surface area (Å²) in [5, 5.41) is -0.391. The van der Waals surface area contributed by atoms with Crippen LogP contribution >= 0.6 is 23.1 Å². The quantitative estimate of drug-likeness (QED) is 0.782. The van der Waals surface area contributed by atoms with Crippen LogP contribution in [0.5, 0.6) is 0 Å². The number of nitrogens with zero attached hydrogens (tertiary/aromatic N) is 2. The number of carbonyl (C=O) groups is 1. The molecular weight excluding hydrogens is 321 g/mol. The molecule has 0 aliphatic carbocycles. The van der Waals surface area contributed by atoms with Gasteiger partial charge in [0, 0.05) is 16.8 Å². The van der Waals surface area contributed by atoms with E-state index in [-0.39, 0.29) is 0 Å². The number of thiazole rings is 1. The minimum absolute atomic E-state index is 0.321. The molecule has 0 N–H and O–H groups in total. The fourth-order valence-corrected chi connectivity index (χ4v) is 2.74. The fourth-order valence-electron chi connectivity index (χ4n) is 1.67. The van der Waals surface area contributed by atoms with Crippen LogP contribution in [0.25, 0.3) is 5.69 Å². The second-order valence-corrected chi connectivity index (χ2v) is 6.10. The minimum atomic E-state index is -4.41. The monoisotopic (exact) mass is 332 g/mol. The molecule has 0 aliphatic rings.